The minimum atomic E-state index is -1.03. The highest BCUT2D eigenvalue weighted by Gasteiger charge is 2.19. The van der Waals surface area contributed by atoms with Crippen molar-refractivity contribution >= 4 is 17.7 Å². The zero-order valence-electron chi connectivity index (χ0n) is 12.1. The molecule has 0 aliphatic rings. The third-order valence-electron chi connectivity index (χ3n) is 2.78. The molecule has 1 N–H and O–H groups in total. The molecule has 0 saturated carbocycles. The van der Waals surface area contributed by atoms with E-state index in [1.54, 1.807) is 6.92 Å². The average molecular weight is 308 g/mol. The first-order chi connectivity index (χ1) is 10.0. The molecule has 2 aromatic rings. The van der Waals surface area contributed by atoms with Crippen molar-refractivity contribution in [3.05, 3.63) is 28.9 Å². The van der Waals surface area contributed by atoms with Crippen LogP contribution in [0.15, 0.2) is 9.44 Å². The number of carboxylic acids is 1. The van der Waals surface area contributed by atoms with Crippen molar-refractivity contribution in [1.82, 2.24) is 20.2 Å². The predicted octanol–water partition coefficient (Wildman–Crippen LogP) is 2.28. The van der Waals surface area contributed by atoms with Crippen molar-refractivity contribution in [3.63, 3.8) is 0 Å². The minimum Gasteiger partial charge on any atom is -0.478 e. The van der Waals surface area contributed by atoms with Crippen LogP contribution < -0.4 is 0 Å². The quantitative estimate of drug-likeness (QED) is 0.640. The number of hydrogen-bond acceptors (Lipinski definition) is 7. The molecule has 0 spiro atoms. The Morgan fingerprint density at radius 1 is 1.19 bits per heavy atom. The molecular formula is C13H16N4O3S. The van der Waals surface area contributed by atoms with Gasteiger partial charge in [0.1, 0.15) is 16.4 Å². The highest BCUT2D eigenvalue weighted by Crippen LogP contribution is 2.26. The van der Waals surface area contributed by atoms with Crippen molar-refractivity contribution in [1.29, 1.82) is 0 Å². The molecule has 0 bridgehead atoms. The zero-order valence-corrected chi connectivity index (χ0v) is 12.9. The maximum absolute atomic E-state index is 11.4. The Bertz CT molecular complexity index is 657. The Kier molecular flexibility index (Phi) is 4.89. The fourth-order valence-electron chi connectivity index (χ4n) is 1.73. The Labute approximate surface area is 126 Å². The van der Waals surface area contributed by atoms with Gasteiger partial charge in [0, 0.05) is 12.8 Å². The Morgan fingerprint density at radius 2 is 1.90 bits per heavy atom. The van der Waals surface area contributed by atoms with Crippen LogP contribution in [0.25, 0.3) is 0 Å². The summed E-state index contributed by atoms with van der Waals surface area (Å²) < 4.78 is 5.41. The van der Waals surface area contributed by atoms with E-state index in [1.807, 2.05) is 13.8 Å². The molecule has 21 heavy (non-hydrogen) atoms. The second kappa shape index (κ2) is 6.66. The topological polar surface area (TPSA) is 102 Å². The first kappa shape index (κ1) is 15.4. The number of aryl methyl sites for hydroxylation is 3. The molecule has 0 unspecified atom stereocenters. The van der Waals surface area contributed by atoms with E-state index >= 15 is 0 Å². The Balaban J connectivity index is 2.25. The summed E-state index contributed by atoms with van der Waals surface area (Å²) in [4.78, 5) is 19.8. The van der Waals surface area contributed by atoms with Crippen LogP contribution in [0.1, 0.15) is 47.5 Å². The van der Waals surface area contributed by atoms with E-state index < -0.39 is 5.97 Å². The van der Waals surface area contributed by atoms with Gasteiger partial charge in [0.15, 0.2) is 0 Å². The number of hydrogen-bond donors (Lipinski definition) is 1. The van der Waals surface area contributed by atoms with Crippen molar-refractivity contribution in [2.24, 2.45) is 0 Å². The first-order valence-corrected chi connectivity index (χ1v) is 7.58. The van der Waals surface area contributed by atoms with Crippen LogP contribution in [0, 0.1) is 6.92 Å². The van der Waals surface area contributed by atoms with Gasteiger partial charge in [0.05, 0.1) is 11.4 Å². The van der Waals surface area contributed by atoms with Gasteiger partial charge in [0.2, 0.25) is 11.8 Å². The van der Waals surface area contributed by atoms with E-state index in [2.05, 4.69) is 20.2 Å². The van der Waals surface area contributed by atoms with Crippen LogP contribution in [-0.2, 0) is 18.6 Å². The van der Waals surface area contributed by atoms with Crippen LogP contribution in [0.4, 0.5) is 0 Å². The van der Waals surface area contributed by atoms with Gasteiger partial charge in [-0.05, 0) is 6.92 Å². The lowest BCUT2D eigenvalue weighted by molar-refractivity contribution is 0.0690. The normalized spacial score (nSPS) is 10.8. The van der Waals surface area contributed by atoms with E-state index in [-0.39, 0.29) is 5.56 Å². The second-order valence-corrected chi connectivity index (χ2v) is 5.26. The molecular weight excluding hydrogens is 292 g/mol. The summed E-state index contributed by atoms with van der Waals surface area (Å²) in [7, 11) is 0. The van der Waals surface area contributed by atoms with E-state index in [4.69, 9.17) is 4.42 Å². The molecule has 0 aliphatic carbocycles. The van der Waals surface area contributed by atoms with Crippen LogP contribution >= 0.6 is 11.8 Å². The van der Waals surface area contributed by atoms with Crippen LogP contribution in [0.5, 0.6) is 0 Å². The van der Waals surface area contributed by atoms with Crippen molar-refractivity contribution in [3.8, 4) is 0 Å². The number of carbonyl (C=O) groups is 1. The van der Waals surface area contributed by atoms with Gasteiger partial charge in [-0.2, -0.15) is 0 Å². The average Bonchev–Trinajstić information content (AvgIpc) is 2.91. The molecule has 112 valence electrons. The van der Waals surface area contributed by atoms with Gasteiger partial charge in [-0.15, -0.1) is 10.2 Å². The van der Waals surface area contributed by atoms with Gasteiger partial charge in [-0.3, -0.25) is 0 Å². The van der Waals surface area contributed by atoms with Gasteiger partial charge < -0.3 is 9.52 Å². The summed E-state index contributed by atoms with van der Waals surface area (Å²) in [6.07, 6.45) is 1.32. The summed E-state index contributed by atoms with van der Waals surface area (Å²) in [6, 6.07) is 0. The zero-order chi connectivity index (χ0) is 15.4. The van der Waals surface area contributed by atoms with E-state index in [0.717, 1.165) is 0 Å². The van der Waals surface area contributed by atoms with Crippen LogP contribution in [-0.4, -0.2) is 31.2 Å². The van der Waals surface area contributed by atoms with E-state index in [0.29, 0.717) is 46.9 Å². The fourth-order valence-corrected chi connectivity index (χ4v) is 2.66. The highest BCUT2D eigenvalue weighted by molar-refractivity contribution is 7.98. The monoisotopic (exact) mass is 308 g/mol. The van der Waals surface area contributed by atoms with Gasteiger partial charge in [-0.1, -0.05) is 25.6 Å². The minimum absolute atomic E-state index is 0.132. The molecule has 0 aromatic carbocycles. The summed E-state index contributed by atoms with van der Waals surface area (Å²) in [5, 5.41) is 17.5. The Hall–Kier alpha value is -1.96. The molecule has 0 atom stereocenters. The SMILES string of the molecule is CCc1nc(C)c(C(=O)O)c(SCc2nnc(CC)o2)n1. The lowest BCUT2D eigenvalue weighted by Gasteiger charge is -2.08. The molecule has 2 aromatic heterocycles. The van der Waals surface area contributed by atoms with Crippen molar-refractivity contribution < 1.29 is 14.3 Å². The number of thioether (sulfide) groups is 1. The third-order valence-corrected chi connectivity index (χ3v) is 3.74. The molecule has 0 amide bonds. The molecule has 0 saturated heterocycles. The van der Waals surface area contributed by atoms with Gasteiger partial charge in [-0.25, -0.2) is 14.8 Å². The second-order valence-electron chi connectivity index (χ2n) is 4.30. The summed E-state index contributed by atoms with van der Waals surface area (Å²) in [5.41, 5.74) is 0.601. The standard InChI is InChI=1S/C13H16N4O3S/c1-4-8-14-7(3)11(13(18)19)12(15-8)21-6-10-17-16-9(5-2)20-10/h4-6H2,1-3H3,(H,18,19). The van der Waals surface area contributed by atoms with Crippen molar-refractivity contribution in [2.45, 2.75) is 44.4 Å². The number of aromatic nitrogens is 4. The van der Waals surface area contributed by atoms with Crippen LogP contribution in [0.3, 0.4) is 0 Å². The Morgan fingerprint density at radius 3 is 2.48 bits per heavy atom. The fraction of sp³-hybridized carbons (Fsp3) is 0.462. The molecule has 7 nitrogen and oxygen atoms in total. The maximum Gasteiger partial charge on any atom is 0.340 e. The number of nitrogens with zero attached hydrogens (tertiary/aromatic N) is 4. The summed E-state index contributed by atoms with van der Waals surface area (Å²) in [5.74, 6) is 1.00. The molecule has 0 fully saturated rings. The van der Waals surface area contributed by atoms with Crippen molar-refractivity contribution in [2.75, 3.05) is 0 Å². The smallest absolute Gasteiger partial charge is 0.340 e. The largest absolute Gasteiger partial charge is 0.478 e. The number of carboxylic acid groups (broad SMARTS) is 1. The maximum atomic E-state index is 11.4. The third kappa shape index (κ3) is 3.57. The lowest BCUT2D eigenvalue weighted by Crippen LogP contribution is -2.09. The van der Waals surface area contributed by atoms with Crippen LogP contribution in [0.2, 0.25) is 0 Å². The predicted molar refractivity (Wildman–Crippen MR) is 76.3 cm³/mol. The summed E-state index contributed by atoms with van der Waals surface area (Å²) in [6.45, 7) is 5.53. The molecule has 2 rings (SSSR count). The molecule has 8 heteroatoms. The number of rotatable bonds is 6. The van der Waals surface area contributed by atoms with Gasteiger partial charge in [0.25, 0.3) is 0 Å². The van der Waals surface area contributed by atoms with E-state index in [1.165, 1.54) is 11.8 Å². The lowest BCUT2D eigenvalue weighted by atomic mass is 10.2. The molecule has 2 heterocycles. The molecule has 0 radical (unpaired) electrons. The van der Waals surface area contributed by atoms with E-state index in [9.17, 15) is 9.90 Å². The highest BCUT2D eigenvalue weighted by atomic mass is 32.2. The first-order valence-electron chi connectivity index (χ1n) is 6.60. The summed E-state index contributed by atoms with van der Waals surface area (Å²) >= 11 is 1.27. The molecule has 0 aliphatic heterocycles. The van der Waals surface area contributed by atoms with Gasteiger partial charge >= 0.3 is 5.97 Å². The number of aromatic carboxylic acids is 1.